The van der Waals surface area contributed by atoms with E-state index in [1.165, 1.54) is 0 Å². The van der Waals surface area contributed by atoms with Crippen LogP contribution in [-0.4, -0.2) is 26.4 Å². The van der Waals surface area contributed by atoms with Gasteiger partial charge in [0.25, 0.3) is 0 Å². The third kappa shape index (κ3) is 1.50. The van der Waals surface area contributed by atoms with Gasteiger partial charge in [0.1, 0.15) is 5.75 Å². The molecule has 0 radical (unpaired) electrons. The minimum atomic E-state index is 0.414. The van der Waals surface area contributed by atoms with Crippen LogP contribution in [0.2, 0.25) is 0 Å². The van der Waals surface area contributed by atoms with Crippen LogP contribution in [0.3, 0.4) is 0 Å². The molecule has 0 saturated carbocycles. The Morgan fingerprint density at radius 2 is 2.11 bits per heavy atom. The lowest BCUT2D eigenvalue weighted by Gasteiger charge is -2.02. The Hall–Kier alpha value is -2.50. The summed E-state index contributed by atoms with van der Waals surface area (Å²) in [5, 5.41) is 4.34. The van der Waals surface area contributed by atoms with E-state index in [9.17, 15) is 0 Å². The van der Waals surface area contributed by atoms with Crippen molar-refractivity contribution in [2.24, 2.45) is 7.05 Å². The summed E-state index contributed by atoms with van der Waals surface area (Å²) >= 11 is 0. The molecule has 0 fully saturated rings. The van der Waals surface area contributed by atoms with Crippen LogP contribution in [0.15, 0.2) is 30.5 Å². The second kappa shape index (κ2) is 3.76. The highest BCUT2D eigenvalue weighted by molar-refractivity contribution is 5.81. The first-order chi connectivity index (χ1) is 8.69. The fraction of sp³-hybridized carbons (Fsp3) is 0.167. The number of aromatic nitrogens is 4. The molecular weight excluding hydrogens is 230 g/mol. The molecular formula is C12H13N5O. The Kier molecular flexibility index (Phi) is 2.22. The molecule has 3 rings (SSSR count). The summed E-state index contributed by atoms with van der Waals surface area (Å²) in [6, 6.07) is 7.54. The Morgan fingerprint density at radius 1 is 1.28 bits per heavy atom. The number of hydrogen-bond acceptors (Lipinski definition) is 4. The average molecular weight is 243 g/mol. The summed E-state index contributed by atoms with van der Waals surface area (Å²) in [6.07, 6.45) is 1.87. The van der Waals surface area contributed by atoms with Crippen molar-refractivity contribution >= 4 is 17.0 Å². The SMILES string of the molecule is COc1ccc2c(c1)nc(N)n2-c1ccn(C)n1. The zero-order valence-corrected chi connectivity index (χ0v) is 10.2. The fourth-order valence-corrected chi connectivity index (χ4v) is 1.97. The number of rotatable bonds is 2. The van der Waals surface area contributed by atoms with E-state index < -0.39 is 0 Å². The predicted octanol–water partition coefficient (Wildman–Crippen LogP) is 1.35. The van der Waals surface area contributed by atoms with Crippen molar-refractivity contribution in [3.8, 4) is 11.6 Å². The molecule has 0 saturated heterocycles. The highest BCUT2D eigenvalue weighted by Gasteiger charge is 2.12. The van der Waals surface area contributed by atoms with Crippen LogP contribution in [0.1, 0.15) is 0 Å². The van der Waals surface area contributed by atoms with Gasteiger partial charge in [-0.1, -0.05) is 0 Å². The van der Waals surface area contributed by atoms with Gasteiger partial charge in [0.2, 0.25) is 5.95 Å². The Labute approximate surface area is 104 Å². The normalized spacial score (nSPS) is 11.0. The van der Waals surface area contributed by atoms with E-state index >= 15 is 0 Å². The minimum Gasteiger partial charge on any atom is -0.497 e. The molecule has 2 heterocycles. The molecule has 6 heteroatoms. The van der Waals surface area contributed by atoms with Crippen molar-refractivity contribution in [1.82, 2.24) is 19.3 Å². The van der Waals surface area contributed by atoms with E-state index in [-0.39, 0.29) is 0 Å². The number of nitrogens with two attached hydrogens (primary N) is 1. The van der Waals surface area contributed by atoms with Gasteiger partial charge < -0.3 is 10.5 Å². The maximum atomic E-state index is 5.95. The number of hydrogen-bond donors (Lipinski definition) is 1. The first-order valence-electron chi connectivity index (χ1n) is 5.51. The lowest BCUT2D eigenvalue weighted by Crippen LogP contribution is -2.02. The number of nitrogens with zero attached hydrogens (tertiary/aromatic N) is 4. The predicted molar refractivity (Wildman–Crippen MR) is 68.8 cm³/mol. The van der Waals surface area contributed by atoms with Crippen LogP contribution in [0.25, 0.3) is 16.9 Å². The molecule has 92 valence electrons. The number of nitrogen functional groups attached to an aromatic ring is 1. The maximum absolute atomic E-state index is 5.95. The van der Waals surface area contributed by atoms with Crippen molar-refractivity contribution in [3.05, 3.63) is 30.5 Å². The number of benzene rings is 1. The van der Waals surface area contributed by atoms with Gasteiger partial charge in [0.15, 0.2) is 5.82 Å². The Morgan fingerprint density at radius 3 is 2.78 bits per heavy atom. The molecule has 0 aliphatic carbocycles. The second-order valence-electron chi connectivity index (χ2n) is 4.01. The standard InChI is InChI=1S/C12H13N5O/c1-16-6-5-11(15-16)17-10-4-3-8(18-2)7-9(10)14-12(17)13/h3-7H,1-2H3,(H2,13,14). The number of anilines is 1. The number of aryl methyl sites for hydroxylation is 1. The third-order valence-electron chi connectivity index (χ3n) is 2.82. The van der Waals surface area contributed by atoms with Gasteiger partial charge in [-0.15, -0.1) is 0 Å². The first-order valence-corrected chi connectivity index (χ1v) is 5.51. The smallest absolute Gasteiger partial charge is 0.207 e. The number of imidazole rings is 1. The van der Waals surface area contributed by atoms with E-state index in [0.717, 1.165) is 22.6 Å². The highest BCUT2D eigenvalue weighted by Crippen LogP contribution is 2.25. The number of ether oxygens (including phenoxy) is 1. The largest absolute Gasteiger partial charge is 0.497 e. The zero-order chi connectivity index (χ0) is 12.7. The van der Waals surface area contributed by atoms with Crippen molar-refractivity contribution in [1.29, 1.82) is 0 Å². The van der Waals surface area contributed by atoms with Gasteiger partial charge in [-0.2, -0.15) is 5.10 Å². The van der Waals surface area contributed by atoms with Gasteiger partial charge >= 0.3 is 0 Å². The van der Waals surface area contributed by atoms with E-state index in [1.54, 1.807) is 11.8 Å². The second-order valence-corrected chi connectivity index (χ2v) is 4.01. The van der Waals surface area contributed by atoms with Crippen LogP contribution in [-0.2, 0) is 7.05 Å². The molecule has 1 aromatic carbocycles. The number of fused-ring (bicyclic) bond motifs is 1. The zero-order valence-electron chi connectivity index (χ0n) is 10.2. The molecule has 2 N–H and O–H groups in total. The molecule has 0 aliphatic rings. The van der Waals surface area contributed by atoms with Gasteiger partial charge in [0.05, 0.1) is 18.1 Å². The Bertz CT molecular complexity index is 712. The van der Waals surface area contributed by atoms with Crippen molar-refractivity contribution in [3.63, 3.8) is 0 Å². The summed E-state index contributed by atoms with van der Waals surface area (Å²) in [5.41, 5.74) is 7.65. The monoisotopic (exact) mass is 243 g/mol. The first kappa shape index (κ1) is 10.6. The van der Waals surface area contributed by atoms with Crippen molar-refractivity contribution in [2.45, 2.75) is 0 Å². The summed E-state index contributed by atoms with van der Waals surface area (Å²) in [6.45, 7) is 0. The van der Waals surface area contributed by atoms with Crippen LogP contribution < -0.4 is 10.5 Å². The summed E-state index contributed by atoms with van der Waals surface area (Å²) in [7, 11) is 3.49. The van der Waals surface area contributed by atoms with Crippen molar-refractivity contribution in [2.75, 3.05) is 12.8 Å². The number of methoxy groups -OCH3 is 1. The summed E-state index contributed by atoms with van der Waals surface area (Å²) < 4.78 is 8.71. The average Bonchev–Trinajstić information content (AvgIpc) is 2.90. The van der Waals surface area contributed by atoms with Gasteiger partial charge in [0, 0.05) is 25.4 Å². The molecule has 0 aliphatic heterocycles. The van der Waals surface area contributed by atoms with Crippen LogP contribution >= 0.6 is 0 Å². The lowest BCUT2D eigenvalue weighted by atomic mass is 10.3. The van der Waals surface area contributed by atoms with E-state index in [2.05, 4.69) is 10.1 Å². The minimum absolute atomic E-state index is 0.414. The molecule has 0 spiro atoms. The molecule has 3 aromatic rings. The van der Waals surface area contributed by atoms with E-state index in [0.29, 0.717) is 5.95 Å². The Balaban J connectivity index is 2.26. The molecule has 18 heavy (non-hydrogen) atoms. The molecule has 6 nitrogen and oxygen atoms in total. The van der Waals surface area contributed by atoms with Gasteiger partial charge in [-0.3, -0.25) is 9.25 Å². The van der Waals surface area contributed by atoms with Crippen LogP contribution in [0.5, 0.6) is 5.75 Å². The van der Waals surface area contributed by atoms with Gasteiger partial charge in [-0.25, -0.2) is 4.98 Å². The molecule has 0 unspecified atom stereocenters. The quantitative estimate of drug-likeness (QED) is 0.737. The van der Waals surface area contributed by atoms with Gasteiger partial charge in [-0.05, 0) is 12.1 Å². The molecule has 0 atom stereocenters. The molecule has 0 amide bonds. The third-order valence-corrected chi connectivity index (χ3v) is 2.82. The van der Waals surface area contributed by atoms with E-state index in [1.807, 2.05) is 42.1 Å². The summed E-state index contributed by atoms with van der Waals surface area (Å²) in [4.78, 5) is 4.32. The van der Waals surface area contributed by atoms with Crippen LogP contribution in [0, 0.1) is 0 Å². The summed E-state index contributed by atoms with van der Waals surface area (Å²) in [5.74, 6) is 1.92. The lowest BCUT2D eigenvalue weighted by molar-refractivity contribution is 0.415. The highest BCUT2D eigenvalue weighted by atomic mass is 16.5. The fourth-order valence-electron chi connectivity index (χ4n) is 1.97. The topological polar surface area (TPSA) is 70.9 Å². The van der Waals surface area contributed by atoms with E-state index in [4.69, 9.17) is 10.5 Å². The molecule has 0 bridgehead atoms. The van der Waals surface area contributed by atoms with Crippen LogP contribution in [0.4, 0.5) is 5.95 Å². The maximum Gasteiger partial charge on any atom is 0.207 e. The van der Waals surface area contributed by atoms with Crippen molar-refractivity contribution < 1.29 is 4.74 Å². The molecule has 2 aromatic heterocycles.